The summed E-state index contributed by atoms with van der Waals surface area (Å²) in [5.41, 5.74) is 0. The molecule has 0 saturated heterocycles. The summed E-state index contributed by atoms with van der Waals surface area (Å²) in [5.74, 6) is -0.00199. The third-order valence-electron chi connectivity index (χ3n) is 1.66. The largest absolute Gasteiger partial charge is 0.470 e. The van der Waals surface area contributed by atoms with E-state index in [1.54, 1.807) is 6.07 Å². The predicted octanol–water partition coefficient (Wildman–Crippen LogP) is 3.18. The van der Waals surface area contributed by atoms with E-state index in [1.807, 2.05) is 0 Å². The van der Waals surface area contributed by atoms with Gasteiger partial charge in [0.05, 0.1) is 0 Å². The number of hydrogen-bond donors (Lipinski definition) is 0. The Labute approximate surface area is 88.3 Å². The number of hydrogen-bond acceptors (Lipinski definition) is 2. The van der Waals surface area contributed by atoms with Gasteiger partial charge in [-0.05, 0) is 35.3 Å². The summed E-state index contributed by atoms with van der Waals surface area (Å²) in [6.45, 7) is 0. The van der Waals surface area contributed by atoms with Crippen molar-refractivity contribution in [2.45, 2.75) is 10.6 Å². The SMILES string of the molecule is FC1(F)Oc2ccccc2OC1(Cl)Cl. The lowest BCUT2D eigenvalue weighted by atomic mass is 10.3. The Kier molecular flexibility index (Phi) is 2.01. The van der Waals surface area contributed by atoms with Gasteiger partial charge in [0.25, 0.3) is 0 Å². The first-order valence-electron chi connectivity index (χ1n) is 3.65. The molecule has 14 heavy (non-hydrogen) atoms. The molecule has 1 aliphatic heterocycles. The number of rotatable bonds is 0. The Morgan fingerprint density at radius 2 is 1.50 bits per heavy atom. The zero-order valence-corrected chi connectivity index (χ0v) is 8.15. The standard InChI is InChI=1S/C8H4Cl2F2O2/c9-7(10)8(11,12)14-6-4-2-1-3-5(6)13-7/h1-4H. The number of halogens is 4. The molecule has 0 bridgehead atoms. The van der Waals surface area contributed by atoms with E-state index in [2.05, 4.69) is 4.74 Å². The topological polar surface area (TPSA) is 18.5 Å². The highest BCUT2D eigenvalue weighted by Crippen LogP contribution is 2.48. The summed E-state index contributed by atoms with van der Waals surface area (Å²) >= 11 is 10.5. The molecule has 0 fully saturated rings. The van der Waals surface area contributed by atoms with E-state index in [9.17, 15) is 8.78 Å². The molecule has 0 radical (unpaired) electrons. The summed E-state index contributed by atoms with van der Waals surface area (Å²) in [4.78, 5) is 0. The van der Waals surface area contributed by atoms with Gasteiger partial charge in [0.1, 0.15) is 0 Å². The van der Waals surface area contributed by atoms with Gasteiger partial charge in [-0.2, -0.15) is 8.78 Å². The van der Waals surface area contributed by atoms with Crippen LogP contribution in [0.3, 0.4) is 0 Å². The summed E-state index contributed by atoms with van der Waals surface area (Å²) in [7, 11) is 0. The predicted molar refractivity (Wildman–Crippen MR) is 47.1 cm³/mol. The van der Waals surface area contributed by atoms with Crippen LogP contribution >= 0.6 is 23.2 Å². The van der Waals surface area contributed by atoms with Crippen molar-refractivity contribution >= 4 is 23.2 Å². The number of ether oxygens (including phenoxy) is 2. The maximum Gasteiger partial charge on any atom is 0.470 e. The lowest BCUT2D eigenvalue weighted by Gasteiger charge is -2.34. The third kappa shape index (κ3) is 1.38. The second-order valence-corrected chi connectivity index (χ2v) is 3.94. The van der Waals surface area contributed by atoms with Crippen molar-refractivity contribution in [3.05, 3.63) is 24.3 Å². The smallest absolute Gasteiger partial charge is 0.446 e. The molecule has 0 N–H and O–H groups in total. The van der Waals surface area contributed by atoms with Crippen LogP contribution in [-0.2, 0) is 0 Å². The molecule has 1 heterocycles. The zero-order valence-electron chi connectivity index (χ0n) is 6.64. The first kappa shape index (κ1) is 9.80. The molecule has 6 heteroatoms. The van der Waals surface area contributed by atoms with Gasteiger partial charge in [0.2, 0.25) is 0 Å². The van der Waals surface area contributed by atoms with E-state index in [0.29, 0.717) is 0 Å². The van der Waals surface area contributed by atoms with Crippen LogP contribution in [0.25, 0.3) is 0 Å². The average molecular weight is 241 g/mol. The van der Waals surface area contributed by atoms with Gasteiger partial charge in [0.15, 0.2) is 11.5 Å². The molecule has 2 nitrogen and oxygen atoms in total. The molecule has 0 unspecified atom stereocenters. The Morgan fingerprint density at radius 1 is 1.00 bits per heavy atom. The van der Waals surface area contributed by atoms with E-state index >= 15 is 0 Å². The molecular formula is C8H4Cl2F2O2. The van der Waals surface area contributed by atoms with Gasteiger partial charge < -0.3 is 9.47 Å². The Hall–Kier alpha value is -0.740. The summed E-state index contributed by atoms with van der Waals surface area (Å²) in [5, 5.41) is 0. The molecule has 0 aromatic heterocycles. The molecule has 76 valence electrons. The molecule has 0 saturated carbocycles. The van der Waals surface area contributed by atoms with Crippen molar-refractivity contribution in [2.24, 2.45) is 0 Å². The van der Waals surface area contributed by atoms with Crippen LogP contribution in [0.2, 0.25) is 0 Å². The molecule has 0 atom stereocenters. The number of benzene rings is 1. The van der Waals surface area contributed by atoms with E-state index in [-0.39, 0.29) is 11.5 Å². The van der Waals surface area contributed by atoms with Crippen LogP contribution in [-0.4, -0.2) is 10.6 Å². The fourth-order valence-corrected chi connectivity index (χ4v) is 1.26. The minimum Gasteiger partial charge on any atom is -0.446 e. The van der Waals surface area contributed by atoms with E-state index in [0.717, 1.165) is 0 Å². The molecular weight excluding hydrogens is 237 g/mol. The second-order valence-electron chi connectivity index (χ2n) is 2.68. The van der Waals surface area contributed by atoms with Crippen molar-refractivity contribution < 1.29 is 18.3 Å². The molecule has 1 aromatic rings. The van der Waals surface area contributed by atoms with E-state index < -0.39 is 10.6 Å². The maximum absolute atomic E-state index is 13.0. The van der Waals surface area contributed by atoms with Crippen LogP contribution in [0.1, 0.15) is 0 Å². The van der Waals surface area contributed by atoms with Gasteiger partial charge in [-0.3, -0.25) is 0 Å². The Balaban J connectivity index is 2.46. The van der Waals surface area contributed by atoms with Gasteiger partial charge in [-0.1, -0.05) is 12.1 Å². The minimum atomic E-state index is -3.77. The number of fused-ring (bicyclic) bond motifs is 1. The molecule has 1 aliphatic rings. The first-order chi connectivity index (χ1) is 6.42. The lowest BCUT2D eigenvalue weighted by Crippen LogP contribution is -2.50. The van der Waals surface area contributed by atoms with Crippen LogP contribution in [0, 0.1) is 0 Å². The Morgan fingerprint density at radius 3 is 2.07 bits per heavy atom. The van der Waals surface area contributed by atoms with Crippen LogP contribution in [0.4, 0.5) is 8.78 Å². The summed E-state index contributed by atoms with van der Waals surface area (Å²) < 4.78 is 32.4. The first-order valence-corrected chi connectivity index (χ1v) is 4.41. The van der Waals surface area contributed by atoms with Crippen LogP contribution < -0.4 is 9.47 Å². The van der Waals surface area contributed by atoms with Gasteiger partial charge >= 0.3 is 10.6 Å². The van der Waals surface area contributed by atoms with Gasteiger partial charge in [-0.15, -0.1) is 0 Å². The van der Waals surface area contributed by atoms with Gasteiger partial charge in [0, 0.05) is 0 Å². The lowest BCUT2D eigenvalue weighted by molar-refractivity contribution is -0.237. The molecule has 2 rings (SSSR count). The van der Waals surface area contributed by atoms with Crippen LogP contribution in [0.5, 0.6) is 11.5 Å². The van der Waals surface area contributed by atoms with Crippen molar-refractivity contribution in [1.82, 2.24) is 0 Å². The van der Waals surface area contributed by atoms with E-state index in [4.69, 9.17) is 27.9 Å². The maximum atomic E-state index is 13.0. The average Bonchev–Trinajstić information content (AvgIpc) is 2.05. The number of alkyl halides is 4. The summed E-state index contributed by atoms with van der Waals surface area (Å²) in [6, 6.07) is 5.90. The fraction of sp³-hybridized carbons (Fsp3) is 0.250. The van der Waals surface area contributed by atoms with E-state index in [1.165, 1.54) is 18.2 Å². The molecule has 0 spiro atoms. The van der Waals surface area contributed by atoms with Crippen molar-refractivity contribution in [1.29, 1.82) is 0 Å². The highest BCUT2D eigenvalue weighted by atomic mass is 35.5. The number of para-hydroxylation sites is 2. The minimum absolute atomic E-state index is 0.0865. The highest BCUT2D eigenvalue weighted by Gasteiger charge is 2.60. The van der Waals surface area contributed by atoms with Crippen LogP contribution in [0.15, 0.2) is 24.3 Å². The monoisotopic (exact) mass is 240 g/mol. The second kappa shape index (κ2) is 2.87. The third-order valence-corrected chi connectivity index (χ3v) is 2.26. The molecule has 0 amide bonds. The van der Waals surface area contributed by atoms with Crippen molar-refractivity contribution in [3.63, 3.8) is 0 Å². The quantitative estimate of drug-likeness (QED) is 0.649. The van der Waals surface area contributed by atoms with Crippen molar-refractivity contribution in [2.75, 3.05) is 0 Å². The molecule has 0 aliphatic carbocycles. The van der Waals surface area contributed by atoms with Crippen molar-refractivity contribution in [3.8, 4) is 11.5 Å². The zero-order chi connectivity index (χ0) is 10.4. The van der Waals surface area contributed by atoms with Gasteiger partial charge in [-0.25, -0.2) is 0 Å². The normalized spacial score (nSPS) is 21.7. The Bertz CT molecular complexity index is 333. The summed E-state index contributed by atoms with van der Waals surface area (Å²) in [6.07, 6.45) is -3.77. The fourth-order valence-electron chi connectivity index (χ4n) is 1.01. The molecule has 1 aromatic carbocycles. The highest BCUT2D eigenvalue weighted by molar-refractivity contribution is 6.48.